The van der Waals surface area contributed by atoms with E-state index in [1.165, 1.54) is 7.11 Å². The second-order valence-corrected chi connectivity index (χ2v) is 16.0. The van der Waals surface area contributed by atoms with Crippen molar-refractivity contribution in [3.63, 3.8) is 0 Å². The zero-order chi connectivity index (χ0) is 43.7. The topological polar surface area (TPSA) is 372 Å². The molecule has 3 saturated heterocycles. The van der Waals surface area contributed by atoms with Gasteiger partial charge < -0.3 is 48.4 Å². The average Bonchev–Trinajstić information content (AvgIpc) is 3.82. The molecule has 0 aliphatic carbocycles. The minimum absolute atomic E-state index is 0.715. The van der Waals surface area contributed by atoms with Crippen LogP contribution in [0.25, 0.3) is 0 Å². The molecule has 0 amide bonds. The smallest absolute Gasteiger partial charge is 0.394 e. The van der Waals surface area contributed by atoms with Gasteiger partial charge in [0.1, 0.15) is 54.9 Å². The Kier molecular flexibility index (Phi) is 14.0. The van der Waals surface area contributed by atoms with Crippen molar-refractivity contribution in [2.75, 3.05) is 41.2 Å². The molecule has 0 aromatic carbocycles. The maximum atomic E-state index is 13.5. The summed E-state index contributed by atoms with van der Waals surface area (Å²) in [6, 6.07) is 2.95. The predicted molar refractivity (Wildman–Crippen MR) is 192 cm³/mol. The highest BCUT2D eigenvalue weighted by Gasteiger charge is 2.54. The van der Waals surface area contributed by atoms with E-state index in [9.17, 15) is 57.9 Å². The van der Waals surface area contributed by atoms with Crippen molar-refractivity contribution in [3.8, 4) is 0 Å². The lowest BCUT2D eigenvalue weighted by molar-refractivity contribution is -0.0673. The van der Waals surface area contributed by atoms with Gasteiger partial charge >= 0.3 is 32.7 Å². The van der Waals surface area contributed by atoms with Crippen LogP contribution in [0.2, 0.25) is 0 Å². The lowest BCUT2D eigenvalue weighted by Gasteiger charge is -2.27. The predicted octanol–water partition coefficient (Wildman–Crippen LogP) is -4.27. The van der Waals surface area contributed by atoms with Crippen LogP contribution in [0, 0.1) is 0 Å². The quantitative estimate of drug-likeness (QED) is 0.0631. The fourth-order valence-corrected chi connectivity index (χ4v) is 8.74. The van der Waals surface area contributed by atoms with Gasteiger partial charge in [-0.05, 0) is 0 Å². The van der Waals surface area contributed by atoms with Gasteiger partial charge in [0, 0.05) is 58.1 Å². The summed E-state index contributed by atoms with van der Waals surface area (Å²) >= 11 is 0. The summed E-state index contributed by atoms with van der Waals surface area (Å²) < 4.78 is 84.1. The number of methoxy groups -OCH3 is 3. The number of aromatic amines is 3. The molecule has 5 unspecified atom stereocenters. The molecule has 0 bridgehead atoms. The highest BCUT2D eigenvalue weighted by Crippen LogP contribution is 2.52. The first kappa shape index (κ1) is 45.5. The number of phosphoric acid groups is 2. The second-order valence-electron chi connectivity index (χ2n) is 13.2. The average molecular weight is 899 g/mol. The SMILES string of the molecule is COC1[C@@H](O)[C@@H](COP(=O)(O)O[C@@H]2C(OC)[C@H](n3ccc(=O)[nH]c3=O)O[C@@H]2COP(=O)(O)O[C@@H]2C(OC)[C@H](n3ccc(=O)[nH]c3=O)O[C@@H]2CO)O[C@H]1n1ccc(=O)[nH]c1=O. The number of rotatable bonds is 17. The Hall–Kier alpha value is -4.06. The summed E-state index contributed by atoms with van der Waals surface area (Å²) in [4.78, 5) is 100. The summed E-state index contributed by atoms with van der Waals surface area (Å²) in [6.45, 7) is -2.71. The van der Waals surface area contributed by atoms with E-state index in [1.807, 2.05) is 15.0 Å². The molecule has 14 atom stereocenters. The van der Waals surface area contributed by atoms with Gasteiger partial charge in [0.25, 0.3) is 16.7 Å². The molecule has 3 aromatic heterocycles. The summed E-state index contributed by atoms with van der Waals surface area (Å²) in [6.07, 6.45) is -14.8. The van der Waals surface area contributed by atoms with Crippen molar-refractivity contribution in [2.24, 2.45) is 0 Å². The van der Waals surface area contributed by atoms with Crippen molar-refractivity contribution in [2.45, 2.75) is 73.6 Å². The van der Waals surface area contributed by atoms with Crippen LogP contribution in [0.4, 0.5) is 0 Å². The zero-order valence-corrected chi connectivity index (χ0v) is 33.2. The summed E-state index contributed by atoms with van der Waals surface area (Å²) in [5.74, 6) is 0. The van der Waals surface area contributed by atoms with E-state index in [0.29, 0.717) is 0 Å². The first-order chi connectivity index (χ1) is 28.4. The van der Waals surface area contributed by atoms with Crippen molar-refractivity contribution in [1.82, 2.24) is 28.7 Å². The van der Waals surface area contributed by atoms with Crippen LogP contribution >= 0.6 is 15.6 Å². The molecule has 3 aromatic rings. The molecule has 0 radical (unpaired) electrons. The minimum Gasteiger partial charge on any atom is -0.394 e. The van der Waals surface area contributed by atoms with E-state index in [1.54, 1.807) is 0 Å². The van der Waals surface area contributed by atoms with Crippen molar-refractivity contribution in [3.05, 3.63) is 99.3 Å². The normalized spacial score (nSPS) is 32.5. The van der Waals surface area contributed by atoms with Gasteiger partial charge in [-0.3, -0.25) is 61.1 Å². The van der Waals surface area contributed by atoms with Gasteiger partial charge in [0.2, 0.25) is 0 Å². The largest absolute Gasteiger partial charge is 0.472 e. The van der Waals surface area contributed by atoms with Crippen molar-refractivity contribution >= 4 is 15.6 Å². The standard InChI is InChI=1S/C30H40N6O22P2/c1-49-22-19(41)14(55-25(22)34-7-4-16(38)31-28(34)42)11-52-59(45,46)58-21-15(56-27(24(21)51-3)36-9-6-18(40)33-30(36)44)12-53-60(47,48)57-20-13(10-37)54-26(23(20)50-2)35-8-5-17(39)32-29(35)43/h4-9,13-15,19-27,37,41H,10-12H2,1-3H3,(H,45,46)(H,47,48)(H,31,38,42)(H,32,39,43)(H,33,40,44)/t13-,14-,15-,19+,20+,21+,22?,23?,24?,25-,26-,27-/m1/s1. The molecule has 6 rings (SSSR count). The third-order valence-corrected chi connectivity index (χ3v) is 11.5. The highest BCUT2D eigenvalue weighted by atomic mass is 31.2. The van der Waals surface area contributed by atoms with Crippen molar-refractivity contribution < 1.29 is 75.6 Å². The zero-order valence-electron chi connectivity index (χ0n) is 31.4. The lowest BCUT2D eigenvalue weighted by Crippen LogP contribution is -2.40. The minimum atomic E-state index is -5.32. The molecule has 3 aliphatic heterocycles. The van der Waals surface area contributed by atoms with E-state index in [0.717, 1.165) is 64.7 Å². The van der Waals surface area contributed by atoms with Crippen molar-refractivity contribution in [1.29, 1.82) is 0 Å². The van der Waals surface area contributed by atoms with Gasteiger partial charge in [0.05, 0.1) is 19.8 Å². The summed E-state index contributed by atoms with van der Waals surface area (Å²) in [5.41, 5.74) is -5.11. The number of nitrogens with zero attached hydrogens (tertiary/aromatic N) is 3. The molecule has 332 valence electrons. The molecule has 60 heavy (non-hydrogen) atoms. The molecule has 3 aliphatic rings. The number of hydrogen-bond acceptors (Lipinski definition) is 20. The maximum absolute atomic E-state index is 13.5. The molecule has 3 fully saturated rings. The molecule has 6 heterocycles. The van der Waals surface area contributed by atoms with Gasteiger partial charge in [-0.1, -0.05) is 0 Å². The van der Waals surface area contributed by atoms with Crippen LogP contribution in [0.15, 0.2) is 65.6 Å². The van der Waals surface area contributed by atoms with Gasteiger partial charge in [-0.2, -0.15) is 0 Å². The fourth-order valence-electron chi connectivity index (χ4n) is 6.82. The molecule has 28 nitrogen and oxygen atoms in total. The van der Waals surface area contributed by atoms with Crippen LogP contribution in [0.1, 0.15) is 18.7 Å². The third kappa shape index (κ3) is 9.68. The van der Waals surface area contributed by atoms with E-state index >= 15 is 0 Å². The molecule has 0 saturated carbocycles. The van der Waals surface area contributed by atoms with Crippen LogP contribution in [-0.4, -0.2) is 145 Å². The number of aliphatic hydroxyl groups is 2. The number of phosphoric ester groups is 2. The first-order valence-electron chi connectivity index (χ1n) is 17.5. The Bertz CT molecular complexity index is 2450. The fraction of sp³-hybridized carbons (Fsp3) is 0.600. The number of aliphatic hydroxyl groups excluding tert-OH is 2. The van der Waals surface area contributed by atoms with E-state index in [-0.39, 0.29) is 0 Å². The molecule has 30 heteroatoms. The highest BCUT2D eigenvalue weighted by molar-refractivity contribution is 7.47. The summed E-state index contributed by atoms with van der Waals surface area (Å²) in [7, 11) is -7.19. The molecule has 7 N–H and O–H groups in total. The maximum Gasteiger partial charge on any atom is 0.472 e. The Morgan fingerprint density at radius 1 is 0.583 bits per heavy atom. The summed E-state index contributed by atoms with van der Waals surface area (Å²) in [5, 5.41) is 20.9. The molecule has 0 spiro atoms. The van der Waals surface area contributed by atoms with Gasteiger partial charge in [-0.15, -0.1) is 0 Å². The number of nitrogens with one attached hydrogen (secondary N) is 3. The Morgan fingerprint density at radius 3 is 1.32 bits per heavy atom. The Morgan fingerprint density at radius 2 is 0.933 bits per heavy atom. The van der Waals surface area contributed by atoms with Crippen LogP contribution in [0.3, 0.4) is 0 Å². The molecular weight excluding hydrogens is 858 g/mol. The van der Waals surface area contributed by atoms with E-state index in [2.05, 4.69) is 0 Å². The number of ether oxygens (including phenoxy) is 6. The van der Waals surface area contributed by atoms with Gasteiger partial charge in [-0.25, -0.2) is 23.5 Å². The monoisotopic (exact) mass is 898 g/mol. The van der Waals surface area contributed by atoms with Gasteiger partial charge in [0.15, 0.2) is 18.7 Å². The van der Waals surface area contributed by atoms with Crippen LogP contribution in [0.5, 0.6) is 0 Å². The number of H-pyrrole nitrogens is 3. The number of hydrogen-bond donors (Lipinski definition) is 7. The Balaban J connectivity index is 1.20. The first-order valence-corrected chi connectivity index (χ1v) is 20.5. The van der Waals surface area contributed by atoms with Crippen LogP contribution < -0.4 is 33.7 Å². The second kappa shape index (κ2) is 18.5. The Labute approximate surface area is 333 Å². The molecular formula is C30H40N6O22P2. The third-order valence-electron chi connectivity index (χ3n) is 9.57. The van der Waals surface area contributed by atoms with Crippen LogP contribution in [-0.2, 0) is 55.6 Å². The van der Waals surface area contributed by atoms with E-state index < -0.39 is 143 Å². The number of aromatic nitrogens is 6. The lowest BCUT2D eigenvalue weighted by atomic mass is 10.1. The van der Waals surface area contributed by atoms with E-state index in [4.69, 9.17) is 46.5 Å².